The van der Waals surface area contributed by atoms with E-state index in [9.17, 15) is 9.59 Å². The number of imide groups is 1. The van der Waals surface area contributed by atoms with Gasteiger partial charge in [0.1, 0.15) is 0 Å². The van der Waals surface area contributed by atoms with Crippen molar-refractivity contribution in [3.63, 3.8) is 0 Å². The van der Waals surface area contributed by atoms with E-state index in [1.54, 1.807) is 6.21 Å². The number of nitrogens with zero attached hydrogens (tertiary/aromatic N) is 3. The average Bonchev–Trinajstić information content (AvgIpc) is 3.20. The Balaban J connectivity index is 1.38. The Kier molecular flexibility index (Phi) is 2.86. The van der Waals surface area contributed by atoms with Gasteiger partial charge in [0.05, 0.1) is 18.1 Å². The topological polar surface area (TPSA) is 53.0 Å². The lowest BCUT2D eigenvalue weighted by molar-refractivity contribution is -0.141. The second-order valence-electron chi connectivity index (χ2n) is 7.94. The van der Waals surface area contributed by atoms with Crippen molar-refractivity contribution >= 4 is 23.7 Å². The molecule has 1 aliphatic heterocycles. The summed E-state index contributed by atoms with van der Waals surface area (Å²) < 4.78 is 0. The number of allylic oxidation sites excluding steroid dienone is 2. The zero-order chi connectivity index (χ0) is 17.3. The molecule has 1 aromatic rings. The van der Waals surface area contributed by atoms with Crippen molar-refractivity contribution in [3.05, 3.63) is 42.0 Å². The van der Waals surface area contributed by atoms with Crippen molar-refractivity contribution in [1.82, 2.24) is 5.01 Å². The number of carbonyl (C=O) groups excluding carboxylic acids is 2. The molecule has 0 N–H and O–H groups in total. The molecule has 1 spiro atoms. The summed E-state index contributed by atoms with van der Waals surface area (Å²) in [5.74, 6) is -0.0906. The van der Waals surface area contributed by atoms with Crippen LogP contribution in [0.4, 0.5) is 5.69 Å². The molecule has 128 valence electrons. The van der Waals surface area contributed by atoms with Crippen molar-refractivity contribution in [2.75, 3.05) is 19.0 Å². The minimum Gasteiger partial charge on any atom is -0.378 e. The van der Waals surface area contributed by atoms with Gasteiger partial charge < -0.3 is 4.90 Å². The van der Waals surface area contributed by atoms with Gasteiger partial charge in [0, 0.05) is 19.8 Å². The molecule has 0 radical (unpaired) electrons. The average molecular weight is 335 g/mol. The van der Waals surface area contributed by atoms with Crippen LogP contribution in [0.1, 0.15) is 18.4 Å². The molecule has 0 aromatic heterocycles. The number of fused-ring (bicyclic) bond motifs is 3. The summed E-state index contributed by atoms with van der Waals surface area (Å²) in [5, 5.41) is 5.37. The van der Waals surface area contributed by atoms with E-state index in [1.807, 2.05) is 43.3 Å². The van der Waals surface area contributed by atoms with Gasteiger partial charge in [0.25, 0.3) is 11.8 Å². The van der Waals surface area contributed by atoms with E-state index >= 15 is 0 Å². The Morgan fingerprint density at radius 1 is 1.04 bits per heavy atom. The van der Waals surface area contributed by atoms with Crippen molar-refractivity contribution in [2.45, 2.75) is 12.8 Å². The van der Waals surface area contributed by atoms with Gasteiger partial charge in [0.2, 0.25) is 0 Å². The number of hydrazone groups is 1. The first-order valence-corrected chi connectivity index (χ1v) is 8.90. The van der Waals surface area contributed by atoms with E-state index in [2.05, 4.69) is 17.3 Å². The van der Waals surface area contributed by atoms with Gasteiger partial charge in [-0.15, -0.1) is 0 Å². The van der Waals surface area contributed by atoms with Crippen LogP contribution in [-0.4, -0.2) is 37.1 Å². The predicted octanol–water partition coefficient (Wildman–Crippen LogP) is 2.28. The van der Waals surface area contributed by atoms with E-state index in [0.717, 1.165) is 29.1 Å². The lowest BCUT2D eigenvalue weighted by Gasteiger charge is -2.18. The predicted molar refractivity (Wildman–Crippen MR) is 95.0 cm³/mol. The zero-order valence-electron chi connectivity index (χ0n) is 14.4. The van der Waals surface area contributed by atoms with Crippen LogP contribution in [0.2, 0.25) is 0 Å². The molecule has 2 bridgehead atoms. The maximum absolute atomic E-state index is 12.8. The van der Waals surface area contributed by atoms with Crippen LogP contribution in [0.5, 0.6) is 0 Å². The molecule has 5 nitrogen and oxygen atoms in total. The van der Waals surface area contributed by atoms with E-state index in [4.69, 9.17) is 0 Å². The molecule has 2 amide bonds. The molecule has 2 saturated carbocycles. The van der Waals surface area contributed by atoms with Gasteiger partial charge in [-0.2, -0.15) is 10.1 Å². The van der Waals surface area contributed by atoms with Crippen LogP contribution in [0.3, 0.4) is 0 Å². The van der Waals surface area contributed by atoms with Crippen LogP contribution in [0.15, 0.2) is 41.5 Å². The first kappa shape index (κ1) is 14.9. The highest BCUT2D eigenvalue weighted by molar-refractivity contribution is 6.07. The Morgan fingerprint density at radius 3 is 2.08 bits per heavy atom. The Morgan fingerprint density at radius 2 is 1.60 bits per heavy atom. The van der Waals surface area contributed by atoms with Gasteiger partial charge in [-0.1, -0.05) is 24.3 Å². The third-order valence-corrected chi connectivity index (χ3v) is 6.56. The van der Waals surface area contributed by atoms with Crippen LogP contribution in [0.25, 0.3) is 0 Å². The van der Waals surface area contributed by atoms with Crippen LogP contribution >= 0.6 is 0 Å². The summed E-state index contributed by atoms with van der Waals surface area (Å²) in [6, 6.07) is 7.86. The number of rotatable bonds is 3. The lowest BCUT2D eigenvalue weighted by atomic mass is 9.85. The number of hydrogen-bond donors (Lipinski definition) is 0. The highest BCUT2D eigenvalue weighted by Crippen LogP contribution is 2.73. The molecule has 4 aliphatic rings. The first-order valence-electron chi connectivity index (χ1n) is 8.90. The van der Waals surface area contributed by atoms with E-state index in [-0.39, 0.29) is 40.9 Å². The Hall–Kier alpha value is -2.43. The lowest BCUT2D eigenvalue weighted by Crippen LogP contribution is -2.30. The van der Waals surface area contributed by atoms with Crippen LogP contribution in [-0.2, 0) is 9.59 Å². The van der Waals surface area contributed by atoms with Gasteiger partial charge in [-0.3, -0.25) is 9.59 Å². The molecule has 3 aliphatic carbocycles. The number of anilines is 1. The molecule has 1 saturated heterocycles. The van der Waals surface area contributed by atoms with E-state index in [0.29, 0.717) is 0 Å². The molecule has 1 aromatic carbocycles. The number of hydrogen-bond acceptors (Lipinski definition) is 4. The number of benzene rings is 1. The summed E-state index contributed by atoms with van der Waals surface area (Å²) in [6.45, 7) is 0. The third-order valence-electron chi connectivity index (χ3n) is 6.56. The monoisotopic (exact) mass is 335 g/mol. The van der Waals surface area contributed by atoms with Crippen molar-refractivity contribution in [1.29, 1.82) is 0 Å². The minimum absolute atomic E-state index is 0.112. The van der Waals surface area contributed by atoms with Gasteiger partial charge in [-0.05, 0) is 47.8 Å². The fourth-order valence-corrected chi connectivity index (χ4v) is 5.16. The second kappa shape index (κ2) is 4.81. The fraction of sp³-hybridized carbons (Fsp3) is 0.450. The van der Waals surface area contributed by atoms with Gasteiger partial charge >= 0.3 is 0 Å². The van der Waals surface area contributed by atoms with Gasteiger partial charge in [0.15, 0.2) is 0 Å². The molecule has 25 heavy (non-hydrogen) atoms. The molecule has 5 rings (SSSR count). The zero-order valence-corrected chi connectivity index (χ0v) is 14.4. The smallest absolute Gasteiger partial charge is 0.254 e. The van der Waals surface area contributed by atoms with E-state index < -0.39 is 0 Å². The molecular formula is C20H21N3O2. The molecular weight excluding hydrogens is 314 g/mol. The molecule has 1 heterocycles. The number of carbonyl (C=O) groups is 2. The van der Waals surface area contributed by atoms with Crippen molar-refractivity contribution < 1.29 is 9.59 Å². The summed E-state index contributed by atoms with van der Waals surface area (Å²) in [4.78, 5) is 27.7. The normalized spacial score (nSPS) is 33.8. The quantitative estimate of drug-likeness (QED) is 0.484. The largest absolute Gasteiger partial charge is 0.378 e. The Labute approximate surface area is 147 Å². The number of amides is 2. The molecule has 4 atom stereocenters. The maximum atomic E-state index is 12.8. The molecule has 3 fully saturated rings. The standard InChI is InChI=1S/C20H21N3O2/c1-22(2)13-5-3-12(4-6-13)11-21-23-18(24)16-14-7-8-15(17(16)19(23)25)20(14)9-10-20/h3-8,11,14-17H,9-10H2,1-2H3/b21-11+. The summed E-state index contributed by atoms with van der Waals surface area (Å²) in [7, 11) is 3.97. The highest BCUT2D eigenvalue weighted by Gasteiger charge is 2.73. The molecule has 4 unspecified atom stereocenters. The van der Waals surface area contributed by atoms with Crippen LogP contribution in [0, 0.1) is 29.1 Å². The minimum atomic E-state index is -0.182. The van der Waals surface area contributed by atoms with Crippen LogP contribution < -0.4 is 4.90 Å². The summed E-state index contributed by atoms with van der Waals surface area (Å²) in [6.07, 6.45) is 8.28. The fourth-order valence-electron chi connectivity index (χ4n) is 5.16. The summed E-state index contributed by atoms with van der Waals surface area (Å²) in [5.41, 5.74) is 2.21. The second-order valence-corrected chi connectivity index (χ2v) is 7.94. The maximum Gasteiger partial charge on any atom is 0.254 e. The first-order chi connectivity index (χ1) is 12.0. The van der Waals surface area contributed by atoms with Crippen molar-refractivity contribution in [3.8, 4) is 0 Å². The Bertz CT molecular complexity index is 786. The van der Waals surface area contributed by atoms with Crippen molar-refractivity contribution in [2.24, 2.45) is 34.2 Å². The highest BCUT2D eigenvalue weighted by atomic mass is 16.2. The van der Waals surface area contributed by atoms with Gasteiger partial charge in [-0.25, -0.2) is 0 Å². The molecule has 5 heteroatoms. The third kappa shape index (κ3) is 1.86. The summed E-state index contributed by atoms with van der Waals surface area (Å²) >= 11 is 0. The van der Waals surface area contributed by atoms with E-state index in [1.165, 1.54) is 0 Å². The SMILES string of the molecule is CN(C)c1ccc(/C=N/N2C(=O)C3C(C2=O)C2C=CC3C23CC3)cc1.